The molecule has 0 bridgehead atoms. The molecule has 340 valence electrons. The van der Waals surface area contributed by atoms with Gasteiger partial charge in [-0.3, -0.25) is 0 Å². The topological polar surface area (TPSA) is 202 Å². The molecule has 0 aliphatic carbocycles. The molecule has 4 aromatic carbocycles. The number of anilines is 8. The fourth-order valence-electron chi connectivity index (χ4n) is 5.48. The summed E-state index contributed by atoms with van der Waals surface area (Å²) in [6, 6.07) is 20.3. The van der Waals surface area contributed by atoms with Crippen molar-refractivity contribution in [1.29, 1.82) is 0 Å². The first-order chi connectivity index (χ1) is 29.9. The summed E-state index contributed by atoms with van der Waals surface area (Å²) in [6.07, 6.45) is -3.56. The first-order valence-corrected chi connectivity index (χ1v) is 24.9. The number of sulfone groups is 3. The molecule has 0 aliphatic heterocycles. The first kappa shape index (κ1) is 49.0. The molecular weight excluding hydrogens is 931 g/mol. The molecule has 0 fully saturated rings. The third kappa shape index (κ3) is 13.0. The van der Waals surface area contributed by atoms with E-state index in [1.165, 1.54) is 73.5 Å². The summed E-state index contributed by atoms with van der Waals surface area (Å²) in [4.78, 5) is 17.0. The third-order valence-corrected chi connectivity index (χ3v) is 14.2. The van der Waals surface area contributed by atoms with Crippen LogP contribution in [0.15, 0.2) is 129 Å². The second-order valence-corrected chi connectivity index (χ2v) is 20.7. The Hall–Kier alpha value is -5.98. The number of rotatable bonds is 14. The Morgan fingerprint density at radius 3 is 1.27 bits per heavy atom. The molecule has 64 heavy (non-hydrogen) atoms. The number of alkyl halides is 6. The number of nitrogens with one attached hydrogen (secondary N) is 4. The highest BCUT2D eigenvalue weighted by molar-refractivity contribution is 7.98. The quantitative estimate of drug-likeness (QED) is 0.0593. The zero-order valence-electron chi connectivity index (χ0n) is 33.9. The summed E-state index contributed by atoms with van der Waals surface area (Å²) < 4.78 is 149. The van der Waals surface area contributed by atoms with Gasteiger partial charge < -0.3 is 21.3 Å². The Kier molecular flexibility index (Phi) is 15.2. The van der Waals surface area contributed by atoms with Gasteiger partial charge in [-0.1, -0.05) is 13.8 Å². The zero-order valence-corrected chi connectivity index (χ0v) is 37.2. The second kappa shape index (κ2) is 19.8. The maximum atomic E-state index is 12.7. The van der Waals surface area contributed by atoms with E-state index >= 15 is 0 Å². The van der Waals surface area contributed by atoms with E-state index in [1.807, 2.05) is 6.26 Å². The molecule has 4 N–H and O–H groups in total. The number of aromatic nitrogens is 4. The third-order valence-electron chi connectivity index (χ3n) is 8.83. The summed E-state index contributed by atoms with van der Waals surface area (Å²) in [7, 11) is -10.7. The molecule has 6 rings (SSSR count). The van der Waals surface area contributed by atoms with E-state index in [9.17, 15) is 51.6 Å². The van der Waals surface area contributed by atoms with Crippen molar-refractivity contribution in [3.63, 3.8) is 0 Å². The maximum absolute atomic E-state index is 12.7. The molecule has 24 heteroatoms. The number of hydrogen-bond acceptors (Lipinski definition) is 15. The highest BCUT2D eigenvalue weighted by Gasteiger charge is 2.31. The molecule has 0 atom stereocenters. The molecule has 0 saturated heterocycles. The van der Waals surface area contributed by atoms with E-state index in [0.29, 0.717) is 28.7 Å². The van der Waals surface area contributed by atoms with E-state index < -0.39 is 53.0 Å². The van der Waals surface area contributed by atoms with Crippen LogP contribution in [0.3, 0.4) is 0 Å². The Labute approximate surface area is 369 Å². The lowest BCUT2D eigenvalue weighted by molar-refractivity contribution is -0.138. The molecule has 14 nitrogen and oxygen atoms in total. The molecule has 0 unspecified atom stereocenters. The number of halogens is 6. The highest BCUT2D eigenvalue weighted by Crippen LogP contribution is 2.34. The van der Waals surface area contributed by atoms with Crippen LogP contribution in [0.25, 0.3) is 0 Å². The van der Waals surface area contributed by atoms with E-state index in [4.69, 9.17) is 0 Å². The molecule has 0 aliphatic rings. The Morgan fingerprint density at radius 2 is 0.891 bits per heavy atom. The lowest BCUT2D eigenvalue weighted by Gasteiger charge is -2.13. The molecule has 0 saturated carbocycles. The van der Waals surface area contributed by atoms with Gasteiger partial charge in [-0.2, -0.15) is 26.3 Å². The Bertz CT molecular complexity index is 2940. The minimum Gasteiger partial charge on any atom is -0.340 e. The van der Waals surface area contributed by atoms with Gasteiger partial charge in [-0.15, -0.1) is 11.8 Å². The minimum atomic E-state index is -4.46. The van der Waals surface area contributed by atoms with Gasteiger partial charge >= 0.3 is 12.4 Å². The SMILES string of the molecule is CCS(=O)(=O)c1ccc(S(C)(=O)=O)c(Nc2cc(Nc3ccc(C(F)(F)F)cc3)ncn2)c1.CCS(=O)(=O)c1ccc(SC)c(Nc2cc(Nc3ccc(C(F)(F)F)cc3)ncn2)c1. The monoisotopic (exact) mass is 968 g/mol. The van der Waals surface area contributed by atoms with Crippen LogP contribution in [0.4, 0.5) is 72.4 Å². The van der Waals surface area contributed by atoms with Crippen LogP contribution >= 0.6 is 11.8 Å². The van der Waals surface area contributed by atoms with E-state index in [1.54, 1.807) is 31.2 Å². The summed E-state index contributed by atoms with van der Waals surface area (Å²) in [6.45, 7) is 3.05. The van der Waals surface area contributed by atoms with Crippen molar-refractivity contribution in [3.8, 4) is 0 Å². The van der Waals surface area contributed by atoms with Crippen LogP contribution in [-0.2, 0) is 41.9 Å². The number of nitrogens with zero attached hydrogens (tertiary/aromatic N) is 4. The standard InChI is InChI=1S/C20H19F3N4O4S2.C20H19F3N4O2S2/c1-3-33(30,31)15-8-9-17(32(2,28)29)16(10-15)27-19-11-18(24-12-25-19)26-14-6-4-13(5-7-14)20(21,22)23;1-3-31(28,29)15-8-9-17(30-2)16(10-15)27-19-11-18(24-12-25-19)26-14-6-4-13(5-7-14)20(21,22)23/h4-12H,3H2,1-2H3,(H2,24,25,26,27);4-12H,3H2,1-2H3,(H2,24,25,26,27). The van der Waals surface area contributed by atoms with Crippen molar-refractivity contribution in [2.24, 2.45) is 0 Å². The van der Waals surface area contributed by atoms with Crippen molar-refractivity contribution in [1.82, 2.24) is 19.9 Å². The van der Waals surface area contributed by atoms with E-state index in [-0.39, 0.29) is 43.5 Å². The average Bonchev–Trinajstić information content (AvgIpc) is 3.23. The Balaban J connectivity index is 0.000000241. The molecule has 2 heterocycles. The largest absolute Gasteiger partial charge is 0.416 e. The number of hydrogen-bond donors (Lipinski definition) is 4. The van der Waals surface area contributed by atoms with Crippen molar-refractivity contribution in [2.45, 2.75) is 45.8 Å². The van der Waals surface area contributed by atoms with Gasteiger partial charge in [0.05, 0.1) is 48.7 Å². The number of thioether (sulfide) groups is 1. The Morgan fingerprint density at radius 1 is 0.516 bits per heavy atom. The smallest absolute Gasteiger partial charge is 0.340 e. The van der Waals surface area contributed by atoms with E-state index in [0.717, 1.165) is 41.7 Å². The van der Waals surface area contributed by atoms with Crippen molar-refractivity contribution in [2.75, 3.05) is 45.3 Å². The van der Waals surface area contributed by atoms with Crippen LogP contribution in [0.2, 0.25) is 0 Å². The molecule has 6 aromatic rings. The van der Waals surface area contributed by atoms with Gasteiger partial charge in [-0.25, -0.2) is 45.2 Å². The number of benzene rings is 4. The van der Waals surface area contributed by atoms with Gasteiger partial charge in [-0.05, 0) is 91.2 Å². The molecule has 0 radical (unpaired) electrons. The van der Waals surface area contributed by atoms with Gasteiger partial charge in [0, 0.05) is 34.7 Å². The minimum absolute atomic E-state index is 0.00575. The molecule has 0 amide bonds. The van der Waals surface area contributed by atoms with Crippen molar-refractivity contribution < 1.29 is 51.6 Å². The highest BCUT2D eigenvalue weighted by atomic mass is 32.2. The van der Waals surface area contributed by atoms with Crippen molar-refractivity contribution in [3.05, 3.63) is 121 Å². The van der Waals surface area contributed by atoms with Gasteiger partial charge in [0.2, 0.25) is 0 Å². The summed E-state index contributed by atoms with van der Waals surface area (Å²) in [5.41, 5.74) is -0.200. The fraction of sp³-hybridized carbons (Fsp3) is 0.200. The normalized spacial score (nSPS) is 12.2. The van der Waals surface area contributed by atoms with Crippen molar-refractivity contribution >= 4 is 87.3 Å². The summed E-state index contributed by atoms with van der Waals surface area (Å²) in [5.74, 6) is 0.922. The lowest BCUT2D eigenvalue weighted by atomic mass is 10.2. The summed E-state index contributed by atoms with van der Waals surface area (Å²) >= 11 is 1.44. The van der Waals surface area contributed by atoms with E-state index in [2.05, 4.69) is 41.2 Å². The predicted molar refractivity (Wildman–Crippen MR) is 233 cm³/mol. The second-order valence-electron chi connectivity index (χ2n) is 13.3. The van der Waals surface area contributed by atoms with Crippen LogP contribution in [-0.4, -0.2) is 69.2 Å². The molecule has 0 spiro atoms. The van der Waals surface area contributed by atoms with Crippen LogP contribution in [0.1, 0.15) is 25.0 Å². The average molecular weight is 969 g/mol. The lowest BCUT2D eigenvalue weighted by Crippen LogP contribution is -2.08. The molecular formula is C40H38F6N8O6S4. The van der Waals surface area contributed by atoms with Crippen LogP contribution in [0.5, 0.6) is 0 Å². The van der Waals surface area contributed by atoms with Gasteiger partial charge in [0.1, 0.15) is 35.9 Å². The van der Waals surface area contributed by atoms with Crippen LogP contribution < -0.4 is 21.3 Å². The fourth-order valence-corrected chi connectivity index (χ4v) is 8.65. The zero-order chi connectivity index (χ0) is 47.1. The van der Waals surface area contributed by atoms with Gasteiger partial charge in [0.25, 0.3) is 0 Å². The predicted octanol–water partition coefficient (Wildman–Crippen LogP) is 9.68. The first-order valence-electron chi connectivity index (χ1n) is 18.5. The van der Waals surface area contributed by atoms with Gasteiger partial charge in [0.15, 0.2) is 29.5 Å². The van der Waals surface area contributed by atoms with Crippen LogP contribution in [0, 0.1) is 0 Å². The summed E-state index contributed by atoms with van der Waals surface area (Å²) in [5, 5.41) is 11.6. The molecule has 2 aromatic heterocycles. The maximum Gasteiger partial charge on any atom is 0.416 e.